The first-order valence-corrected chi connectivity index (χ1v) is 9.89. The Balaban J connectivity index is 1.60. The lowest BCUT2D eigenvalue weighted by molar-refractivity contribution is -0.908. The average molecular weight is 410 g/mol. The Kier molecular flexibility index (Phi) is 6.43. The maximum atomic E-state index is 12.5. The van der Waals surface area contributed by atoms with Crippen molar-refractivity contribution in [3.8, 4) is 0 Å². The van der Waals surface area contributed by atoms with E-state index in [9.17, 15) is 4.79 Å². The largest absolute Gasteiger partial charge is 0.372 e. The van der Waals surface area contributed by atoms with E-state index in [0.29, 0.717) is 6.54 Å². The molecule has 1 unspecified atom stereocenters. The summed E-state index contributed by atoms with van der Waals surface area (Å²) in [6.45, 7) is 3.04. The second-order valence-corrected chi connectivity index (χ2v) is 8.03. The third-order valence-electron chi connectivity index (χ3n) is 4.06. The number of carbonyl (C=O) groups is 1. The number of amides is 1. The number of anilines is 1. The van der Waals surface area contributed by atoms with E-state index >= 15 is 0 Å². The number of quaternary nitrogens is 1. The number of benzene rings is 1. The quantitative estimate of drug-likeness (QED) is 0.737. The molecule has 0 radical (unpaired) electrons. The summed E-state index contributed by atoms with van der Waals surface area (Å²) in [6, 6.07) is 11.9. The van der Waals surface area contributed by atoms with Crippen LogP contribution < -0.4 is 10.2 Å². The van der Waals surface area contributed by atoms with Gasteiger partial charge in [-0.1, -0.05) is 28.1 Å². The van der Waals surface area contributed by atoms with Crippen LogP contribution in [0.15, 0.2) is 46.3 Å². The third-order valence-corrected chi connectivity index (χ3v) is 5.43. The summed E-state index contributed by atoms with van der Waals surface area (Å²) >= 11 is 5.17. The summed E-state index contributed by atoms with van der Waals surface area (Å²) in [6.07, 6.45) is 2.50. The van der Waals surface area contributed by atoms with Gasteiger partial charge in [-0.3, -0.25) is 4.79 Å². The molecule has 0 saturated carbocycles. The molecule has 1 aliphatic rings. The second-order valence-electron chi connectivity index (χ2n) is 6.08. The molecule has 128 valence electrons. The lowest BCUT2D eigenvalue weighted by Gasteiger charge is -2.21. The van der Waals surface area contributed by atoms with Gasteiger partial charge in [0.25, 0.3) is 5.91 Å². The third kappa shape index (κ3) is 5.41. The molecule has 0 aliphatic carbocycles. The number of halogens is 1. The van der Waals surface area contributed by atoms with Crippen LogP contribution in [0.2, 0.25) is 0 Å². The smallest absolute Gasteiger partial charge is 0.279 e. The molecule has 1 amide bonds. The number of hydrogen-bond donors (Lipinski definition) is 2. The maximum absolute atomic E-state index is 12.5. The summed E-state index contributed by atoms with van der Waals surface area (Å²) in [4.78, 5) is 15.0. The van der Waals surface area contributed by atoms with Crippen LogP contribution in [0.25, 0.3) is 0 Å². The van der Waals surface area contributed by atoms with E-state index in [1.165, 1.54) is 9.78 Å². The van der Waals surface area contributed by atoms with Crippen molar-refractivity contribution in [2.24, 2.45) is 0 Å². The van der Waals surface area contributed by atoms with Gasteiger partial charge in [0.05, 0.1) is 4.88 Å². The normalized spacial score (nSPS) is 18.5. The lowest BCUT2D eigenvalue weighted by atomic mass is 10.2. The Bertz CT molecular complexity index is 657. The van der Waals surface area contributed by atoms with Crippen LogP contribution in [-0.4, -0.2) is 31.7 Å². The van der Waals surface area contributed by atoms with Crippen molar-refractivity contribution in [1.29, 1.82) is 0 Å². The van der Waals surface area contributed by atoms with Gasteiger partial charge in [-0.25, -0.2) is 0 Å². The highest BCUT2D eigenvalue weighted by molar-refractivity contribution is 9.10. The number of thiophene rings is 1. The number of hydrogen-bond acceptors (Lipinski definition) is 3. The molecule has 0 bridgehead atoms. The Morgan fingerprint density at radius 2 is 2.29 bits per heavy atom. The van der Waals surface area contributed by atoms with E-state index in [2.05, 4.69) is 38.8 Å². The van der Waals surface area contributed by atoms with Crippen molar-refractivity contribution in [2.75, 3.05) is 25.0 Å². The van der Waals surface area contributed by atoms with Crippen molar-refractivity contribution in [1.82, 2.24) is 0 Å². The standard InChI is InChI=1S/C18H21BrN2O2S/c19-14-4-1-5-15(10-14)20-18(22)13-21(11-16-6-2-8-23-16)12-17-7-3-9-24-17/h1,3-5,7,9-10,16H,2,6,8,11-13H2,(H,20,22)/p+1/t16-/m0/s1. The second kappa shape index (κ2) is 8.76. The van der Waals surface area contributed by atoms with Crippen molar-refractivity contribution < 1.29 is 14.4 Å². The molecule has 3 rings (SSSR count). The zero-order valence-corrected chi connectivity index (χ0v) is 15.9. The van der Waals surface area contributed by atoms with Crippen LogP contribution in [0.1, 0.15) is 17.7 Å². The number of ether oxygens (including phenoxy) is 1. The van der Waals surface area contributed by atoms with Crippen molar-refractivity contribution in [3.05, 3.63) is 51.1 Å². The fourth-order valence-electron chi connectivity index (χ4n) is 2.99. The van der Waals surface area contributed by atoms with Gasteiger partial charge in [-0.2, -0.15) is 0 Å². The molecule has 1 saturated heterocycles. The van der Waals surface area contributed by atoms with E-state index < -0.39 is 0 Å². The molecule has 2 atom stereocenters. The highest BCUT2D eigenvalue weighted by Gasteiger charge is 2.24. The van der Waals surface area contributed by atoms with Gasteiger partial charge in [0.1, 0.15) is 19.2 Å². The number of rotatable bonds is 7. The molecule has 1 aromatic carbocycles. The van der Waals surface area contributed by atoms with Gasteiger partial charge in [0.15, 0.2) is 6.54 Å². The summed E-state index contributed by atoms with van der Waals surface area (Å²) in [7, 11) is 0. The summed E-state index contributed by atoms with van der Waals surface area (Å²) in [5.74, 6) is 0.0395. The first-order chi connectivity index (χ1) is 11.7. The molecule has 2 N–H and O–H groups in total. The highest BCUT2D eigenvalue weighted by atomic mass is 79.9. The molecule has 1 aromatic heterocycles. The molecule has 2 heterocycles. The Hall–Kier alpha value is -1.21. The predicted octanol–water partition coefficient (Wildman–Crippen LogP) is 2.71. The van der Waals surface area contributed by atoms with E-state index in [1.54, 1.807) is 11.3 Å². The maximum Gasteiger partial charge on any atom is 0.279 e. The Labute approximate surface area is 154 Å². The van der Waals surface area contributed by atoms with Crippen LogP contribution in [0, 0.1) is 0 Å². The van der Waals surface area contributed by atoms with Gasteiger partial charge in [-0.15, -0.1) is 11.3 Å². The minimum absolute atomic E-state index is 0.0395. The van der Waals surface area contributed by atoms with Gasteiger partial charge < -0.3 is 15.0 Å². The first kappa shape index (κ1) is 17.6. The molecule has 4 nitrogen and oxygen atoms in total. The zero-order valence-electron chi connectivity index (χ0n) is 13.5. The van der Waals surface area contributed by atoms with Crippen molar-refractivity contribution in [3.63, 3.8) is 0 Å². The molecule has 24 heavy (non-hydrogen) atoms. The predicted molar refractivity (Wildman–Crippen MR) is 100 cm³/mol. The van der Waals surface area contributed by atoms with Gasteiger partial charge in [0, 0.05) is 16.8 Å². The number of nitrogens with one attached hydrogen (secondary N) is 2. The summed E-state index contributed by atoms with van der Waals surface area (Å²) in [5.41, 5.74) is 0.821. The Morgan fingerprint density at radius 3 is 3.00 bits per heavy atom. The summed E-state index contributed by atoms with van der Waals surface area (Å²) < 4.78 is 6.72. The minimum atomic E-state index is 0.0395. The van der Waals surface area contributed by atoms with E-state index in [-0.39, 0.29) is 12.0 Å². The Morgan fingerprint density at radius 1 is 1.38 bits per heavy atom. The monoisotopic (exact) mass is 409 g/mol. The lowest BCUT2D eigenvalue weighted by Crippen LogP contribution is -3.12. The molecule has 1 fully saturated rings. The molecular weight excluding hydrogens is 388 g/mol. The minimum Gasteiger partial charge on any atom is -0.372 e. The average Bonchev–Trinajstić information content (AvgIpc) is 3.21. The van der Waals surface area contributed by atoms with Crippen LogP contribution in [0.3, 0.4) is 0 Å². The molecule has 2 aromatic rings. The van der Waals surface area contributed by atoms with Gasteiger partial charge >= 0.3 is 0 Å². The fraction of sp³-hybridized carbons (Fsp3) is 0.389. The van der Waals surface area contributed by atoms with Crippen LogP contribution in [0.4, 0.5) is 5.69 Å². The van der Waals surface area contributed by atoms with Gasteiger partial charge in [0.2, 0.25) is 0 Å². The van der Waals surface area contributed by atoms with Crippen molar-refractivity contribution >= 4 is 38.9 Å². The van der Waals surface area contributed by atoms with Gasteiger partial charge in [-0.05, 0) is 42.5 Å². The van der Waals surface area contributed by atoms with E-state index in [4.69, 9.17) is 4.74 Å². The fourth-order valence-corrected chi connectivity index (χ4v) is 4.17. The first-order valence-electron chi connectivity index (χ1n) is 8.22. The highest BCUT2D eigenvalue weighted by Crippen LogP contribution is 2.15. The molecule has 0 spiro atoms. The van der Waals surface area contributed by atoms with Crippen LogP contribution in [0.5, 0.6) is 0 Å². The summed E-state index contributed by atoms with van der Waals surface area (Å²) in [5, 5.41) is 5.07. The number of carbonyl (C=O) groups excluding carboxylic acids is 1. The van der Waals surface area contributed by atoms with Crippen molar-refractivity contribution in [2.45, 2.75) is 25.5 Å². The molecular formula is C18H22BrN2O2S+. The SMILES string of the molecule is O=C(C[NH+](Cc1cccs1)C[C@@H]1CCCO1)Nc1cccc(Br)c1. The van der Waals surface area contributed by atoms with E-state index in [1.807, 2.05) is 24.3 Å². The van der Waals surface area contributed by atoms with Crippen LogP contribution >= 0.6 is 27.3 Å². The molecule has 1 aliphatic heterocycles. The van der Waals surface area contributed by atoms with Crippen LogP contribution in [-0.2, 0) is 16.1 Å². The molecule has 6 heteroatoms. The topological polar surface area (TPSA) is 42.8 Å². The van der Waals surface area contributed by atoms with E-state index in [0.717, 1.165) is 42.7 Å². The zero-order chi connectivity index (χ0) is 16.8.